The molecule has 8 heteroatoms. The van der Waals surface area contributed by atoms with Gasteiger partial charge in [-0.3, -0.25) is 10.4 Å². The molecule has 6 N–H and O–H groups in total. The molecular weight excluding hydrogens is 218 g/mol. The van der Waals surface area contributed by atoms with E-state index in [1.54, 1.807) is 0 Å². The SMILES string of the molecule is CCCN=C(NN)NCCCS(N)(=O)=O. The normalized spacial score (nSPS) is 12.6. The lowest BCUT2D eigenvalue weighted by atomic mass is 10.5. The molecule has 0 aromatic heterocycles. The predicted octanol–water partition coefficient (Wildman–Crippen LogP) is -1.52. The van der Waals surface area contributed by atoms with E-state index in [9.17, 15) is 8.42 Å². The molecule has 0 amide bonds. The fourth-order valence-electron chi connectivity index (χ4n) is 0.856. The zero-order valence-corrected chi connectivity index (χ0v) is 9.68. The molecular formula is C7H19N5O2S. The van der Waals surface area contributed by atoms with Gasteiger partial charge in [-0.2, -0.15) is 0 Å². The Bertz CT molecular complexity index is 288. The Morgan fingerprint density at radius 2 is 2.13 bits per heavy atom. The zero-order valence-electron chi connectivity index (χ0n) is 8.86. The summed E-state index contributed by atoms with van der Waals surface area (Å²) in [4.78, 5) is 4.08. The Morgan fingerprint density at radius 1 is 1.47 bits per heavy atom. The quantitative estimate of drug-likeness (QED) is 0.147. The van der Waals surface area contributed by atoms with Crippen molar-refractivity contribution in [1.82, 2.24) is 10.7 Å². The summed E-state index contributed by atoms with van der Waals surface area (Å²) in [5, 5.41) is 7.71. The molecule has 0 fully saturated rings. The van der Waals surface area contributed by atoms with E-state index in [0.717, 1.165) is 6.42 Å². The van der Waals surface area contributed by atoms with Crippen LogP contribution in [0.5, 0.6) is 0 Å². The van der Waals surface area contributed by atoms with Gasteiger partial charge in [0.15, 0.2) is 0 Å². The Morgan fingerprint density at radius 3 is 2.60 bits per heavy atom. The maximum Gasteiger partial charge on any atom is 0.209 e. The van der Waals surface area contributed by atoms with Crippen molar-refractivity contribution in [2.45, 2.75) is 19.8 Å². The van der Waals surface area contributed by atoms with Gasteiger partial charge in [0.1, 0.15) is 0 Å². The Balaban J connectivity index is 3.73. The molecule has 0 heterocycles. The molecule has 0 bridgehead atoms. The average Bonchev–Trinajstić information content (AvgIpc) is 2.15. The maximum absolute atomic E-state index is 10.6. The first-order chi connectivity index (χ1) is 6.99. The van der Waals surface area contributed by atoms with Crippen molar-refractivity contribution < 1.29 is 8.42 Å². The van der Waals surface area contributed by atoms with Crippen molar-refractivity contribution in [2.75, 3.05) is 18.8 Å². The van der Waals surface area contributed by atoms with Crippen LogP contribution in [-0.4, -0.2) is 33.2 Å². The van der Waals surface area contributed by atoms with Crippen LogP contribution in [0.25, 0.3) is 0 Å². The zero-order chi connectivity index (χ0) is 11.7. The van der Waals surface area contributed by atoms with Crippen molar-refractivity contribution in [3.8, 4) is 0 Å². The number of hydrogen-bond donors (Lipinski definition) is 4. The molecule has 0 aromatic carbocycles. The van der Waals surface area contributed by atoms with Gasteiger partial charge in [0.25, 0.3) is 0 Å². The second-order valence-corrected chi connectivity index (χ2v) is 4.76. The van der Waals surface area contributed by atoms with E-state index in [1.807, 2.05) is 6.92 Å². The number of nitrogens with two attached hydrogens (primary N) is 2. The van der Waals surface area contributed by atoms with E-state index in [4.69, 9.17) is 11.0 Å². The second-order valence-electron chi connectivity index (χ2n) is 3.02. The van der Waals surface area contributed by atoms with Gasteiger partial charge >= 0.3 is 0 Å². The molecule has 0 atom stereocenters. The van der Waals surface area contributed by atoms with E-state index in [-0.39, 0.29) is 5.75 Å². The number of primary sulfonamides is 1. The van der Waals surface area contributed by atoms with Crippen LogP contribution in [0, 0.1) is 0 Å². The lowest BCUT2D eigenvalue weighted by Crippen LogP contribution is -2.42. The smallest absolute Gasteiger partial charge is 0.209 e. The number of nitrogens with zero attached hydrogens (tertiary/aromatic N) is 1. The van der Waals surface area contributed by atoms with E-state index < -0.39 is 10.0 Å². The maximum atomic E-state index is 10.6. The summed E-state index contributed by atoms with van der Waals surface area (Å²) in [6.45, 7) is 3.13. The number of rotatable bonds is 6. The molecule has 15 heavy (non-hydrogen) atoms. The van der Waals surface area contributed by atoms with Crippen LogP contribution in [0.15, 0.2) is 4.99 Å². The minimum atomic E-state index is -3.38. The first kappa shape index (κ1) is 14.1. The van der Waals surface area contributed by atoms with Crippen LogP contribution in [0.4, 0.5) is 0 Å². The topological polar surface area (TPSA) is 123 Å². The fourth-order valence-corrected chi connectivity index (χ4v) is 1.40. The Labute approximate surface area is 90.3 Å². The number of aliphatic imine (C=N–C) groups is 1. The van der Waals surface area contributed by atoms with Gasteiger partial charge in [-0.15, -0.1) is 0 Å². The number of nitrogens with one attached hydrogen (secondary N) is 2. The van der Waals surface area contributed by atoms with Crippen molar-refractivity contribution in [2.24, 2.45) is 16.0 Å². The van der Waals surface area contributed by atoms with Crippen molar-refractivity contribution in [3.05, 3.63) is 0 Å². The lowest BCUT2D eigenvalue weighted by molar-refractivity contribution is 0.594. The summed E-state index contributed by atoms with van der Waals surface area (Å²) in [5.41, 5.74) is 2.39. The van der Waals surface area contributed by atoms with E-state index >= 15 is 0 Å². The third-order valence-electron chi connectivity index (χ3n) is 1.53. The predicted molar refractivity (Wildman–Crippen MR) is 60.5 cm³/mol. The summed E-state index contributed by atoms with van der Waals surface area (Å²) in [7, 11) is -3.38. The molecule has 0 radical (unpaired) electrons. The monoisotopic (exact) mass is 237 g/mol. The second kappa shape index (κ2) is 7.43. The summed E-state index contributed by atoms with van der Waals surface area (Å²) >= 11 is 0. The molecule has 0 aliphatic heterocycles. The molecule has 0 unspecified atom stereocenters. The highest BCUT2D eigenvalue weighted by molar-refractivity contribution is 7.89. The number of sulfonamides is 1. The molecule has 0 aliphatic carbocycles. The summed E-state index contributed by atoms with van der Waals surface area (Å²) < 4.78 is 21.2. The van der Waals surface area contributed by atoms with Crippen LogP contribution >= 0.6 is 0 Å². The summed E-state index contributed by atoms with van der Waals surface area (Å²) in [5.74, 6) is 5.61. The number of hydrogen-bond acceptors (Lipinski definition) is 4. The van der Waals surface area contributed by atoms with Gasteiger partial charge in [-0.1, -0.05) is 6.92 Å². The molecule has 0 rings (SSSR count). The van der Waals surface area contributed by atoms with E-state index in [1.165, 1.54) is 0 Å². The van der Waals surface area contributed by atoms with Gasteiger partial charge in [0.2, 0.25) is 16.0 Å². The molecule has 90 valence electrons. The Kier molecular flexibility index (Phi) is 7.01. The molecule has 0 saturated heterocycles. The van der Waals surface area contributed by atoms with Crippen LogP contribution in [0.1, 0.15) is 19.8 Å². The van der Waals surface area contributed by atoms with Crippen LogP contribution in [0.2, 0.25) is 0 Å². The van der Waals surface area contributed by atoms with Crippen LogP contribution < -0.4 is 21.7 Å². The first-order valence-electron chi connectivity index (χ1n) is 4.75. The summed E-state index contributed by atoms with van der Waals surface area (Å²) in [6.07, 6.45) is 1.34. The van der Waals surface area contributed by atoms with Crippen molar-refractivity contribution in [3.63, 3.8) is 0 Å². The fraction of sp³-hybridized carbons (Fsp3) is 0.857. The minimum absolute atomic E-state index is 0.0500. The molecule has 7 nitrogen and oxygen atoms in total. The minimum Gasteiger partial charge on any atom is -0.355 e. The highest BCUT2D eigenvalue weighted by atomic mass is 32.2. The molecule has 0 saturated carbocycles. The third kappa shape index (κ3) is 9.44. The van der Waals surface area contributed by atoms with Crippen LogP contribution in [-0.2, 0) is 10.0 Å². The highest BCUT2D eigenvalue weighted by Gasteiger charge is 2.01. The van der Waals surface area contributed by atoms with Gasteiger partial charge in [0.05, 0.1) is 5.75 Å². The molecule has 0 aromatic rings. The molecule has 0 aliphatic rings. The molecule has 0 spiro atoms. The van der Waals surface area contributed by atoms with Gasteiger partial charge in [-0.05, 0) is 12.8 Å². The largest absolute Gasteiger partial charge is 0.355 e. The standard InChI is InChI=1S/C7H19N5O2S/c1-2-4-10-7(12-8)11-5-3-6-15(9,13)14/h2-6,8H2,1H3,(H2,9,13,14)(H2,10,11,12). The third-order valence-corrected chi connectivity index (χ3v) is 2.39. The number of guanidine groups is 1. The van der Waals surface area contributed by atoms with Gasteiger partial charge < -0.3 is 5.32 Å². The van der Waals surface area contributed by atoms with Gasteiger partial charge in [-0.25, -0.2) is 19.4 Å². The number of hydrazine groups is 1. The lowest BCUT2D eigenvalue weighted by Gasteiger charge is -2.08. The van der Waals surface area contributed by atoms with E-state index in [0.29, 0.717) is 25.5 Å². The average molecular weight is 237 g/mol. The van der Waals surface area contributed by atoms with Gasteiger partial charge in [0, 0.05) is 13.1 Å². The summed E-state index contributed by atoms with van der Waals surface area (Å²) in [6, 6.07) is 0. The first-order valence-corrected chi connectivity index (χ1v) is 6.46. The van der Waals surface area contributed by atoms with Crippen LogP contribution in [0.3, 0.4) is 0 Å². The van der Waals surface area contributed by atoms with Crippen molar-refractivity contribution >= 4 is 16.0 Å². The van der Waals surface area contributed by atoms with E-state index in [2.05, 4.69) is 15.7 Å². The Hall–Kier alpha value is -0.860. The highest BCUT2D eigenvalue weighted by Crippen LogP contribution is 1.84. The van der Waals surface area contributed by atoms with Crippen molar-refractivity contribution in [1.29, 1.82) is 0 Å².